The number of aromatic nitrogens is 3. The molecule has 4 heterocycles. The Bertz CT molecular complexity index is 1210. The molecule has 3 aromatic heterocycles. The molecule has 33 heavy (non-hydrogen) atoms. The monoisotopic (exact) mass is 455 g/mol. The van der Waals surface area contributed by atoms with Crippen molar-refractivity contribution in [3.63, 3.8) is 0 Å². The quantitative estimate of drug-likeness (QED) is 0.414. The number of nitrogens with zero attached hydrogens (tertiary/aromatic N) is 4. The van der Waals surface area contributed by atoms with Gasteiger partial charge in [-0.15, -0.1) is 0 Å². The van der Waals surface area contributed by atoms with E-state index < -0.39 is 0 Å². The minimum absolute atomic E-state index is 0.0202. The number of thiocarbonyl (C=S) groups is 1. The Hall–Kier alpha value is -3.71. The Balaban J connectivity index is 1.52. The van der Waals surface area contributed by atoms with Crippen molar-refractivity contribution < 1.29 is 4.74 Å². The second kappa shape index (κ2) is 9.42. The highest BCUT2D eigenvalue weighted by Crippen LogP contribution is 2.39. The van der Waals surface area contributed by atoms with Crippen LogP contribution in [0.15, 0.2) is 91.4 Å². The first-order valence-electron chi connectivity index (χ1n) is 10.9. The van der Waals surface area contributed by atoms with Crippen LogP contribution in [0.25, 0.3) is 0 Å². The van der Waals surface area contributed by atoms with E-state index in [9.17, 15) is 0 Å². The van der Waals surface area contributed by atoms with Gasteiger partial charge in [0.1, 0.15) is 5.75 Å². The second-order valence-electron chi connectivity index (χ2n) is 7.98. The highest BCUT2D eigenvalue weighted by molar-refractivity contribution is 7.80. The molecule has 0 aliphatic carbocycles. The van der Waals surface area contributed by atoms with Crippen LogP contribution in [0.4, 0.5) is 0 Å². The summed E-state index contributed by atoms with van der Waals surface area (Å²) in [5.74, 6) is 0.841. The number of hydrogen-bond acceptors (Lipinski definition) is 4. The summed E-state index contributed by atoms with van der Waals surface area (Å²) in [5, 5.41) is 4.25. The highest BCUT2D eigenvalue weighted by Gasteiger charge is 2.41. The van der Waals surface area contributed by atoms with E-state index in [0.29, 0.717) is 13.1 Å². The fourth-order valence-corrected chi connectivity index (χ4v) is 4.64. The van der Waals surface area contributed by atoms with Crippen LogP contribution in [-0.4, -0.2) is 31.7 Å². The van der Waals surface area contributed by atoms with Crippen LogP contribution in [0, 0.1) is 0 Å². The lowest BCUT2D eigenvalue weighted by molar-refractivity contribution is 0.298. The molecule has 2 atom stereocenters. The van der Waals surface area contributed by atoms with Gasteiger partial charge in [0, 0.05) is 30.8 Å². The van der Waals surface area contributed by atoms with E-state index in [-0.39, 0.29) is 12.1 Å². The zero-order valence-corrected chi connectivity index (χ0v) is 19.2. The summed E-state index contributed by atoms with van der Waals surface area (Å²) in [6, 6.07) is 24.3. The fraction of sp³-hybridized carbons (Fsp3) is 0.192. The third kappa shape index (κ3) is 4.45. The summed E-state index contributed by atoms with van der Waals surface area (Å²) in [6.07, 6.45) is 5.76. The summed E-state index contributed by atoms with van der Waals surface area (Å²) in [6.45, 7) is 1.37. The Morgan fingerprint density at radius 3 is 2.39 bits per heavy atom. The molecule has 0 saturated carbocycles. The van der Waals surface area contributed by atoms with E-state index in [0.717, 1.165) is 33.5 Å². The lowest BCUT2D eigenvalue weighted by Crippen LogP contribution is -2.30. The molecule has 1 aliphatic rings. The van der Waals surface area contributed by atoms with Gasteiger partial charge in [-0.25, -0.2) is 0 Å². The second-order valence-corrected chi connectivity index (χ2v) is 8.37. The molecular weight excluding hydrogens is 430 g/mol. The van der Waals surface area contributed by atoms with Crippen LogP contribution in [0.3, 0.4) is 0 Å². The summed E-state index contributed by atoms with van der Waals surface area (Å²) < 4.78 is 7.57. The number of pyridine rings is 2. The lowest BCUT2D eigenvalue weighted by atomic mass is 10.0. The number of hydrogen-bond donors (Lipinski definition) is 1. The zero-order valence-electron chi connectivity index (χ0n) is 18.3. The number of methoxy groups -OCH3 is 1. The van der Waals surface area contributed by atoms with Crippen LogP contribution in [0.2, 0.25) is 0 Å². The summed E-state index contributed by atoms with van der Waals surface area (Å²) in [7, 11) is 1.68. The molecule has 0 amide bonds. The van der Waals surface area contributed by atoms with Crippen molar-refractivity contribution in [2.24, 2.45) is 0 Å². The minimum Gasteiger partial charge on any atom is -0.497 e. The average molecular weight is 456 g/mol. The molecule has 0 radical (unpaired) electrons. The third-order valence-corrected chi connectivity index (χ3v) is 6.29. The molecule has 1 aromatic carbocycles. The Morgan fingerprint density at radius 2 is 1.70 bits per heavy atom. The maximum atomic E-state index is 5.83. The summed E-state index contributed by atoms with van der Waals surface area (Å²) in [4.78, 5) is 11.4. The predicted octanol–water partition coefficient (Wildman–Crippen LogP) is 4.51. The maximum Gasteiger partial charge on any atom is 0.170 e. The van der Waals surface area contributed by atoms with Crippen LogP contribution >= 0.6 is 12.2 Å². The van der Waals surface area contributed by atoms with Gasteiger partial charge in [0.25, 0.3) is 0 Å². The molecule has 1 saturated heterocycles. The van der Waals surface area contributed by atoms with Crippen molar-refractivity contribution in [2.45, 2.75) is 25.2 Å². The van der Waals surface area contributed by atoms with E-state index in [4.69, 9.17) is 17.0 Å². The maximum absolute atomic E-state index is 5.83. The molecule has 1 aliphatic heterocycles. The standard InChI is InChI=1S/C26H25N5OS/c1-32-21-12-10-19(11-13-21)17-31-25(24(29-26(31)33)22-8-3-5-15-28-22)23-9-6-16-30(23)18-20-7-2-4-14-27-20/h2-16,24-25H,17-18H2,1H3,(H,29,33). The highest BCUT2D eigenvalue weighted by atomic mass is 32.1. The van der Waals surface area contributed by atoms with Crippen molar-refractivity contribution in [1.29, 1.82) is 0 Å². The first-order valence-corrected chi connectivity index (χ1v) is 11.3. The molecule has 0 spiro atoms. The molecule has 0 bridgehead atoms. The number of nitrogens with one attached hydrogen (secondary N) is 1. The molecule has 2 unspecified atom stereocenters. The molecular formula is C26H25N5OS. The Kier molecular flexibility index (Phi) is 6.04. The summed E-state index contributed by atoms with van der Waals surface area (Å²) >= 11 is 5.83. The predicted molar refractivity (Wildman–Crippen MR) is 132 cm³/mol. The lowest BCUT2D eigenvalue weighted by Gasteiger charge is -2.29. The molecule has 6 nitrogen and oxygen atoms in total. The molecule has 1 N–H and O–H groups in total. The number of ether oxygens (including phenoxy) is 1. The first kappa shape index (κ1) is 21.2. The van der Waals surface area contributed by atoms with E-state index in [1.165, 1.54) is 0 Å². The van der Waals surface area contributed by atoms with Crippen LogP contribution in [-0.2, 0) is 13.1 Å². The van der Waals surface area contributed by atoms with Gasteiger partial charge in [0.05, 0.1) is 37.1 Å². The number of rotatable bonds is 7. The molecule has 5 rings (SSSR count). The zero-order chi connectivity index (χ0) is 22.6. The van der Waals surface area contributed by atoms with Gasteiger partial charge in [-0.2, -0.15) is 0 Å². The van der Waals surface area contributed by atoms with Gasteiger partial charge in [-0.1, -0.05) is 24.3 Å². The minimum atomic E-state index is -0.0608. The normalized spacial score (nSPS) is 17.7. The van der Waals surface area contributed by atoms with Gasteiger partial charge in [0.2, 0.25) is 0 Å². The van der Waals surface area contributed by atoms with Crippen molar-refractivity contribution >= 4 is 17.3 Å². The van der Waals surface area contributed by atoms with Crippen LogP contribution < -0.4 is 10.1 Å². The van der Waals surface area contributed by atoms with Crippen molar-refractivity contribution in [2.75, 3.05) is 7.11 Å². The first-order chi connectivity index (χ1) is 16.2. The number of benzene rings is 1. The fourth-order valence-electron chi connectivity index (χ4n) is 4.33. The van der Waals surface area contributed by atoms with E-state index in [1.807, 2.05) is 54.9 Å². The van der Waals surface area contributed by atoms with Gasteiger partial charge in [-0.05, 0) is 66.3 Å². The average Bonchev–Trinajstić information content (AvgIpc) is 3.44. The Labute approximate surface area is 198 Å². The van der Waals surface area contributed by atoms with Gasteiger partial charge < -0.3 is 19.5 Å². The summed E-state index contributed by atoms with van der Waals surface area (Å²) in [5.41, 5.74) is 4.30. The SMILES string of the molecule is COc1ccc(CN2C(=S)NC(c3ccccn3)C2c2cccn2Cc2ccccn2)cc1. The van der Waals surface area contributed by atoms with Crippen molar-refractivity contribution in [3.8, 4) is 5.75 Å². The smallest absolute Gasteiger partial charge is 0.170 e. The topological polar surface area (TPSA) is 55.2 Å². The molecule has 166 valence electrons. The van der Waals surface area contributed by atoms with Gasteiger partial charge in [-0.3, -0.25) is 9.97 Å². The van der Waals surface area contributed by atoms with Gasteiger partial charge in [0.15, 0.2) is 5.11 Å². The van der Waals surface area contributed by atoms with E-state index in [2.05, 4.69) is 61.3 Å². The van der Waals surface area contributed by atoms with E-state index >= 15 is 0 Å². The molecule has 4 aromatic rings. The Morgan fingerprint density at radius 1 is 0.909 bits per heavy atom. The van der Waals surface area contributed by atoms with Crippen LogP contribution in [0.5, 0.6) is 5.75 Å². The van der Waals surface area contributed by atoms with Crippen molar-refractivity contribution in [1.82, 2.24) is 24.8 Å². The third-order valence-electron chi connectivity index (χ3n) is 5.94. The van der Waals surface area contributed by atoms with Crippen LogP contribution in [0.1, 0.15) is 34.7 Å². The molecule has 1 fully saturated rings. The van der Waals surface area contributed by atoms with Crippen molar-refractivity contribution in [3.05, 3.63) is 114 Å². The molecule has 7 heteroatoms. The largest absolute Gasteiger partial charge is 0.497 e. The van der Waals surface area contributed by atoms with E-state index in [1.54, 1.807) is 7.11 Å². The van der Waals surface area contributed by atoms with Gasteiger partial charge >= 0.3 is 0 Å².